The van der Waals surface area contributed by atoms with Crippen molar-refractivity contribution >= 4 is 17.9 Å². The van der Waals surface area contributed by atoms with Gasteiger partial charge in [0.05, 0.1) is 0 Å². The van der Waals surface area contributed by atoms with Crippen LogP contribution in [0, 0.1) is 0 Å². The molecule has 0 bridgehead atoms. The van der Waals surface area contributed by atoms with Gasteiger partial charge in [0.1, 0.15) is 13.2 Å². The van der Waals surface area contributed by atoms with Gasteiger partial charge < -0.3 is 14.2 Å². The van der Waals surface area contributed by atoms with Crippen molar-refractivity contribution in [3.63, 3.8) is 0 Å². The van der Waals surface area contributed by atoms with Gasteiger partial charge in [-0.05, 0) is 51.4 Å². The third-order valence-corrected chi connectivity index (χ3v) is 13.0. The normalized spacial score (nSPS) is 12.1. The summed E-state index contributed by atoms with van der Waals surface area (Å²) >= 11 is 0. The van der Waals surface area contributed by atoms with E-state index in [0.29, 0.717) is 19.3 Å². The lowest BCUT2D eigenvalue weighted by Gasteiger charge is -2.18. The van der Waals surface area contributed by atoms with Crippen LogP contribution in [0.3, 0.4) is 0 Å². The zero-order valence-corrected chi connectivity index (χ0v) is 43.8. The van der Waals surface area contributed by atoms with E-state index in [1.807, 2.05) is 0 Å². The first kappa shape index (κ1) is 62.9. The lowest BCUT2D eigenvalue weighted by Crippen LogP contribution is -2.30. The summed E-state index contributed by atoms with van der Waals surface area (Å²) in [4.78, 5) is 38.1. The van der Waals surface area contributed by atoms with Gasteiger partial charge in [-0.3, -0.25) is 14.4 Å². The van der Waals surface area contributed by atoms with Gasteiger partial charge in [0.2, 0.25) is 0 Å². The van der Waals surface area contributed by atoms with Gasteiger partial charge in [-0.1, -0.05) is 270 Å². The molecular formula is C59H110O6. The Kier molecular flexibility index (Phi) is 52.7. The largest absolute Gasteiger partial charge is 0.462 e. The van der Waals surface area contributed by atoms with Gasteiger partial charge in [-0.2, -0.15) is 0 Å². The van der Waals surface area contributed by atoms with Crippen molar-refractivity contribution in [2.75, 3.05) is 13.2 Å². The molecular weight excluding hydrogens is 805 g/mol. The van der Waals surface area contributed by atoms with Crippen LogP contribution in [-0.4, -0.2) is 37.2 Å². The Labute approximate surface area is 404 Å². The number of carbonyl (C=O) groups excluding carboxylic acids is 3. The smallest absolute Gasteiger partial charge is 0.306 e. The second-order valence-electron chi connectivity index (χ2n) is 19.6. The van der Waals surface area contributed by atoms with E-state index in [1.165, 1.54) is 199 Å². The summed E-state index contributed by atoms with van der Waals surface area (Å²) in [5.41, 5.74) is 0. The van der Waals surface area contributed by atoms with E-state index < -0.39 is 6.10 Å². The minimum absolute atomic E-state index is 0.0715. The van der Waals surface area contributed by atoms with Crippen LogP contribution in [0.4, 0.5) is 0 Å². The molecule has 0 rings (SSSR count). The van der Waals surface area contributed by atoms with E-state index in [4.69, 9.17) is 14.2 Å². The van der Waals surface area contributed by atoms with E-state index in [9.17, 15) is 14.4 Å². The van der Waals surface area contributed by atoms with E-state index in [1.54, 1.807) is 0 Å². The zero-order chi connectivity index (χ0) is 47.2. The lowest BCUT2D eigenvalue weighted by molar-refractivity contribution is -0.167. The summed E-state index contributed by atoms with van der Waals surface area (Å²) in [6, 6.07) is 0. The van der Waals surface area contributed by atoms with Gasteiger partial charge in [0.15, 0.2) is 6.10 Å². The Balaban J connectivity index is 4.34. The second kappa shape index (κ2) is 54.5. The summed E-state index contributed by atoms with van der Waals surface area (Å²) in [6.45, 7) is 6.65. The highest BCUT2D eigenvalue weighted by atomic mass is 16.6. The molecule has 0 saturated heterocycles. The molecule has 0 aromatic heterocycles. The van der Waals surface area contributed by atoms with E-state index in [0.717, 1.165) is 77.0 Å². The summed E-state index contributed by atoms with van der Waals surface area (Å²) in [5.74, 6) is -0.863. The van der Waals surface area contributed by atoms with Gasteiger partial charge in [-0.25, -0.2) is 0 Å². The Morgan fingerprint density at radius 1 is 0.308 bits per heavy atom. The molecule has 0 fully saturated rings. The predicted octanol–water partition coefficient (Wildman–Crippen LogP) is 19.1. The van der Waals surface area contributed by atoms with Crippen LogP contribution in [0.2, 0.25) is 0 Å². The van der Waals surface area contributed by atoms with Gasteiger partial charge in [0.25, 0.3) is 0 Å². The van der Waals surface area contributed by atoms with Crippen LogP contribution in [0.1, 0.15) is 316 Å². The topological polar surface area (TPSA) is 78.9 Å². The molecule has 0 aliphatic carbocycles. The molecule has 1 atom stereocenters. The van der Waals surface area contributed by atoms with Gasteiger partial charge >= 0.3 is 17.9 Å². The molecule has 0 aliphatic heterocycles. The number of carbonyl (C=O) groups is 3. The van der Waals surface area contributed by atoms with E-state index in [-0.39, 0.29) is 31.1 Å². The maximum absolute atomic E-state index is 12.8. The van der Waals surface area contributed by atoms with Crippen molar-refractivity contribution in [3.8, 4) is 0 Å². The average Bonchev–Trinajstić information content (AvgIpc) is 3.30. The number of esters is 3. The minimum atomic E-state index is -0.773. The standard InChI is InChI=1S/C59H110O6/c1-4-7-10-13-16-19-22-25-28-29-32-34-37-40-43-46-49-52-58(61)64-55-56(65-59(62)53-50-47-44-41-38-35-31-27-24-21-18-15-12-9-6-3)54-63-57(60)51-48-45-42-39-36-33-30-26-23-20-17-14-11-8-5-2/h18,21,27,31,56H,4-17,19-20,22-26,28-30,32-55H2,1-3H3/b21-18-,31-27-/t56-/m0/s1. The maximum atomic E-state index is 12.8. The monoisotopic (exact) mass is 915 g/mol. The highest BCUT2D eigenvalue weighted by Crippen LogP contribution is 2.17. The maximum Gasteiger partial charge on any atom is 0.306 e. The van der Waals surface area contributed by atoms with Crippen LogP contribution < -0.4 is 0 Å². The average molecular weight is 916 g/mol. The molecule has 0 aromatic carbocycles. The Hall–Kier alpha value is -2.11. The van der Waals surface area contributed by atoms with Crippen molar-refractivity contribution in [1.82, 2.24) is 0 Å². The van der Waals surface area contributed by atoms with Crippen molar-refractivity contribution in [1.29, 1.82) is 0 Å². The quantitative estimate of drug-likeness (QED) is 0.0262. The van der Waals surface area contributed by atoms with Crippen LogP contribution in [0.5, 0.6) is 0 Å². The molecule has 0 spiro atoms. The molecule has 0 unspecified atom stereocenters. The molecule has 0 N–H and O–H groups in total. The number of allylic oxidation sites excluding steroid dienone is 4. The first-order chi connectivity index (χ1) is 32.0. The summed E-state index contributed by atoms with van der Waals surface area (Å²) in [5, 5.41) is 0. The summed E-state index contributed by atoms with van der Waals surface area (Å²) in [7, 11) is 0. The molecule has 0 aliphatic rings. The number of ether oxygens (including phenoxy) is 3. The first-order valence-corrected chi connectivity index (χ1v) is 28.8. The van der Waals surface area contributed by atoms with Gasteiger partial charge in [0, 0.05) is 19.3 Å². The molecule has 382 valence electrons. The third-order valence-electron chi connectivity index (χ3n) is 13.0. The third kappa shape index (κ3) is 52.7. The molecule has 0 aromatic rings. The predicted molar refractivity (Wildman–Crippen MR) is 279 cm³/mol. The number of rotatable bonds is 53. The minimum Gasteiger partial charge on any atom is -0.462 e. The fourth-order valence-corrected chi connectivity index (χ4v) is 8.59. The molecule has 0 heterocycles. The van der Waals surface area contributed by atoms with E-state index in [2.05, 4.69) is 45.1 Å². The number of unbranched alkanes of at least 4 members (excludes halogenated alkanes) is 38. The molecule has 6 heteroatoms. The summed E-state index contributed by atoms with van der Waals surface area (Å²) < 4.78 is 16.9. The molecule has 0 saturated carbocycles. The van der Waals surface area contributed by atoms with Crippen LogP contribution in [0.25, 0.3) is 0 Å². The van der Waals surface area contributed by atoms with Crippen molar-refractivity contribution in [3.05, 3.63) is 24.3 Å². The van der Waals surface area contributed by atoms with Crippen molar-refractivity contribution < 1.29 is 28.6 Å². The Morgan fingerprint density at radius 2 is 0.554 bits per heavy atom. The first-order valence-electron chi connectivity index (χ1n) is 28.8. The molecule has 0 radical (unpaired) electrons. The second-order valence-corrected chi connectivity index (χ2v) is 19.6. The fourth-order valence-electron chi connectivity index (χ4n) is 8.59. The van der Waals surface area contributed by atoms with Crippen molar-refractivity contribution in [2.45, 2.75) is 322 Å². The Bertz CT molecular complexity index is 1050. The van der Waals surface area contributed by atoms with Gasteiger partial charge in [-0.15, -0.1) is 0 Å². The SMILES string of the molecule is CCCCC/C=C\C/C=C\CCCCCCCC(=O)O[C@@H](COC(=O)CCCCCCCCCCCCCCCCC)COC(=O)CCCCCCCCCCCCCCCCCCC. The fraction of sp³-hybridized carbons (Fsp3) is 0.881. The van der Waals surface area contributed by atoms with Crippen LogP contribution in [0.15, 0.2) is 24.3 Å². The Morgan fingerprint density at radius 3 is 0.877 bits per heavy atom. The van der Waals surface area contributed by atoms with Crippen molar-refractivity contribution in [2.24, 2.45) is 0 Å². The van der Waals surface area contributed by atoms with Crippen LogP contribution in [-0.2, 0) is 28.6 Å². The summed E-state index contributed by atoms with van der Waals surface area (Å²) in [6.07, 6.45) is 63.0. The lowest BCUT2D eigenvalue weighted by atomic mass is 10.0. The zero-order valence-electron chi connectivity index (χ0n) is 43.8. The van der Waals surface area contributed by atoms with Crippen LogP contribution >= 0.6 is 0 Å². The highest BCUT2D eigenvalue weighted by Gasteiger charge is 2.19. The highest BCUT2D eigenvalue weighted by molar-refractivity contribution is 5.71. The van der Waals surface area contributed by atoms with E-state index >= 15 is 0 Å². The molecule has 65 heavy (non-hydrogen) atoms. The molecule has 0 amide bonds. The number of hydrogen-bond donors (Lipinski definition) is 0. The number of hydrogen-bond acceptors (Lipinski definition) is 6. The molecule has 6 nitrogen and oxygen atoms in total.